The Balaban J connectivity index is 2.21. The third-order valence-electron chi connectivity index (χ3n) is 2.53. The summed E-state index contributed by atoms with van der Waals surface area (Å²) in [5.74, 6) is -0.674. The molecule has 0 saturated heterocycles. The predicted molar refractivity (Wildman–Crippen MR) is 63.7 cm³/mol. The number of aromatic amines is 1. The summed E-state index contributed by atoms with van der Waals surface area (Å²) in [5, 5.41) is 2.38. The number of aromatic nitrogens is 2. The van der Waals surface area contributed by atoms with Crippen LogP contribution in [0.4, 0.5) is 4.39 Å². The Morgan fingerprint density at radius 3 is 2.61 bits per heavy atom. The van der Waals surface area contributed by atoms with Crippen LogP contribution in [0.25, 0.3) is 0 Å². The van der Waals surface area contributed by atoms with E-state index in [1.54, 1.807) is 0 Å². The highest BCUT2D eigenvalue weighted by atomic mass is 19.1. The van der Waals surface area contributed by atoms with Crippen molar-refractivity contribution < 1.29 is 9.18 Å². The zero-order valence-corrected chi connectivity index (χ0v) is 9.52. The molecule has 5 nitrogen and oxygen atoms in total. The first-order chi connectivity index (χ1) is 8.60. The molecule has 18 heavy (non-hydrogen) atoms. The van der Waals surface area contributed by atoms with Crippen molar-refractivity contribution in [3.8, 4) is 0 Å². The van der Waals surface area contributed by atoms with Gasteiger partial charge in [0.25, 0.3) is 5.56 Å². The Morgan fingerprint density at radius 2 is 2.00 bits per heavy atom. The highest BCUT2D eigenvalue weighted by molar-refractivity contribution is 5.81. The summed E-state index contributed by atoms with van der Waals surface area (Å²) in [7, 11) is 0. The lowest BCUT2D eigenvalue weighted by molar-refractivity contribution is 0.0894. The molecule has 0 radical (unpaired) electrons. The predicted octanol–water partition coefficient (Wildman–Crippen LogP) is 0.657. The minimum Gasteiger partial charge on any atom is -0.325 e. The normalized spacial score (nSPS) is 10.6. The Morgan fingerprint density at radius 1 is 1.33 bits per heavy atom. The van der Waals surface area contributed by atoms with Crippen molar-refractivity contribution >= 4 is 5.91 Å². The van der Waals surface area contributed by atoms with E-state index in [2.05, 4.69) is 5.10 Å². The van der Waals surface area contributed by atoms with Crippen LogP contribution in [-0.2, 0) is 13.0 Å². The molecule has 0 saturated carbocycles. The fraction of sp³-hybridized carbons (Fsp3) is 0.167. The van der Waals surface area contributed by atoms with Crippen LogP contribution in [0.5, 0.6) is 0 Å². The summed E-state index contributed by atoms with van der Waals surface area (Å²) in [4.78, 5) is 23.1. The number of halogens is 1. The maximum absolute atomic E-state index is 12.7. The van der Waals surface area contributed by atoms with Gasteiger partial charge in [0, 0.05) is 12.6 Å². The molecule has 0 bridgehead atoms. The molecule has 0 aliphatic heterocycles. The van der Waals surface area contributed by atoms with Gasteiger partial charge in [0.15, 0.2) is 0 Å². The van der Waals surface area contributed by atoms with E-state index in [9.17, 15) is 14.0 Å². The summed E-state index contributed by atoms with van der Waals surface area (Å²) in [6.45, 7) is 0.0912. The monoisotopic (exact) mass is 249 g/mol. The van der Waals surface area contributed by atoms with Crippen LogP contribution in [0.15, 0.2) is 35.1 Å². The molecule has 3 N–H and O–H groups in total. The smallest absolute Gasteiger partial charge is 0.264 e. The number of carbonyl (C=O) groups is 1. The Kier molecular flexibility index (Phi) is 3.38. The number of hydrogen-bond acceptors (Lipinski definition) is 3. The Hall–Kier alpha value is -2.21. The molecule has 0 aliphatic carbocycles. The third-order valence-corrected chi connectivity index (χ3v) is 2.53. The standard InChI is InChI=1S/C12H12FN3O2/c13-9-3-1-8(2-4-9)5-12(18)16-10(7-14)6-11(17)15-16/h1-4,6H,5,7,14H2,(H,15,17). The van der Waals surface area contributed by atoms with Gasteiger partial charge in [-0.2, -0.15) is 0 Å². The molecule has 1 aromatic heterocycles. The SMILES string of the molecule is NCc1cc(=O)[nH]n1C(=O)Cc1ccc(F)cc1. The van der Waals surface area contributed by atoms with Crippen LogP contribution in [-0.4, -0.2) is 15.7 Å². The van der Waals surface area contributed by atoms with E-state index in [0.717, 1.165) is 4.68 Å². The van der Waals surface area contributed by atoms with Gasteiger partial charge in [-0.3, -0.25) is 14.7 Å². The van der Waals surface area contributed by atoms with Crippen LogP contribution in [0.2, 0.25) is 0 Å². The van der Waals surface area contributed by atoms with E-state index in [4.69, 9.17) is 5.73 Å². The number of nitrogens with two attached hydrogens (primary N) is 1. The second-order valence-electron chi connectivity index (χ2n) is 3.85. The molecular formula is C12H12FN3O2. The number of rotatable bonds is 3. The number of hydrogen-bond donors (Lipinski definition) is 2. The maximum atomic E-state index is 12.7. The summed E-state index contributed by atoms with van der Waals surface area (Å²) in [6.07, 6.45) is 0.0674. The second kappa shape index (κ2) is 4.97. The molecule has 6 heteroatoms. The lowest BCUT2D eigenvalue weighted by atomic mass is 10.1. The van der Waals surface area contributed by atoms with Crippen molar-refractivity contribution in [2.24, 2.45) is 5.73 Å². The molecule has 0 amide bonds. The van der Waals surface area contributed by atoms with Crippen molar-refractivity contribution in [1.82, 2.24) is 9.78 Å². The summed E-state index contributed by atoms with van der Waals surface area (Å²) in [5.41, 5.74) is 6.15. The molecule has 0 atom stereocenters. The van der Waals surface area contributed by atoms with Gasteiger partial charge in [-0.15, -0.1) is 0 Å². The first-order valence-electron chi connectivity index (χ1n) is 5.39. The van der Waals surface area contributed by atoms with Crippen LogP contribution in [0.3, 0.4) is 0 Å². The van der Waals surface area contributed by atoms with Gasteiger partial charge < -0.3 is 5.73 Å². The number of nitrogens with one attached hydrogen (secondary N) is 1. The minimum atomic E-state index is -0.372. The van der Waals surface area contributed by atoms with Crippen LogP contribution in [0, 0.1) is 5.82 Å². The van der Waals surface area contributed by atoms with Gasteiger partial charge >= 0.3 is 0 Å². The molecule has 2 aromatic rings. The lowest BCUT2D eigenvalue weighted by Gasteiger charge is -2.05. The zero-order chi connectivity index (χ0) is 13.1. The van der Waals surface area contributed by atoms with E-state index in [1.165, 1.54) is 30.3 Å². The number of H-pyrrole nitrogens is 1. The number of carbonyl (C=O) groups excluding carboxylic acids is 1. The summed E-state index contributed by atoms with van der Waals surface area (Å²) >= 11 is 0. The first kappa shape index (κ1) is 12.3. The molecule has 0 fully saturated rings. The molecule has 2 rings (SSSR count). The van der Waals surface area contributed by atoms with Crippen molar-refractivity contribution in [3.63, 3.8) is 0 Å². The summed E-state index contributed by atoms with van der Waals surface area (Å²) < 4.78 is 13.8. The van der Waals surface area contributed by atoms with Crippen molar-refractivity contribution in [3.05, 3.63) is 57.8 Å². The molecule has 94 valence electrons. The van der Waals surface area contributed by atoms with Crippen LogP contribution < -0.4 is 11.3 Å². The third kappa shape index (κ3) is 2.54. The average molecular weight is 249 g/mol. The number of nitrogens with zero attached hydrogens (tertiary/aromatic N) is 1. The van der Waals surface area contributed by atoms with Crippen molar-refractivity contribution in [2.45, 2.75) is 13.0 Å². The fourth-order valence-electron chi connectivity index (χ4n) is 1.66. The van der Waals surface area contributed by atoms with E-state index >= 15 is 0 Å². The van der Waals surface area contributed by atoms with E-state index in [0.29, 0.717) is 11.3 Å². The molecule has 0 unspecified atom stereocenters. The quantitative estimate of drug-likeness (QED) is 0.838. The lowest BCUT2D eigenvalue weighted by Crippen LogP contribution is -2.20. The van der Waals surface area contributed by atoms with E-state index in [1.807, 2.05) is 0 Å². The van der Waals surface area contributed by atoms with Gasteiger partial charge in [-0.25, -0.2) is 9.07 Å². The van der Waals surface area contributed by atoms with E-state index < -0.39 is 0 Å². The van der Waals surface area contributed by atoms with Crippen LogP contribution in [0.1, 0.15) is 16.1 Å². The van der Waals surface area contributed by atoms with Crippen LogP contribution >= 0.6 is 0 Å². The minimum absolute atomic E-state index is 0.0674. The van der Waals surface area contributed by atoms with Gasteiger partial charge in [0.05, 0.1) is 12.1 Å². The van der Waals surface area contributed by atoms with Gasteiger partial charge in [0.1, 0.15) is 5.82 Å². The fourth-order valence-corrected chi connectivity index (χ4v) is 1.66. The topological polar surface area (TPSA) is 80.9 Å². The zero-order valence-electron chi connectivity index (χ0n) is 9.52. The molecule has 1 aromatic carbocycles. The highest BCUT2D eigenvalue weighted by Crippen LogP contribution is 2.05. The average Bonchev–Trinajstić information content (AvgIpc) is 2.73. The Labute approximate surface area is 102 Å². The number of benzene rings is 1. The van der Waals surface area contributed by atoms with Crippen molar-refractivity contribution in [1.29, 1.82) is 0 Å². The highest BCUT2D eigenvalue weighted by Gasteiger charge is 2.11. The molecular weight excluding hydrogens is 237 g/mol. The largest absolute Gasteiger partial charge is 0.325 e. The van der Waals surface area contributed by atoms with Gasteiger partial charge in [0.2, 0.25) is 5.91 Å². The first-order valence-corrected chi connectivity index (χ1v) is 5.39. The maximum Gasteiger partial charge on any atom is 0.264 e. The molecule has 0 aliphatic rings. The summed E-state index contributed by atoms with van der Waals surface area (Å²) in [6, 6.07) is 6.90. The van der Waals surface area contributed by atoms with Crippen molar-refractivity contribution in [2.75, 3.05) is 0 Å². The van der Waals surface area contributed by atoms with E-state index in [-0.39, 0.29) is 30.2 Å². The molecule has 0 spiro atoms. The molecule has 1 heterocycles. The second-order valence-corrected chi connectivity index (χ2v) is 3.85. The Bertz CT molecular complexity index is 613. The van der Waals surface area contributed by atoms with Gasteiger partial charge in [-0.1, -0.05) is 12.1 Å². The van der Waals surface area contributed by atoms with Gasteiger partial charge in [-0.05, 0) is 17.7 Å².